The van der Waals surface area contributed by atoms with Crippen molar-refractivity contribution in [1.82, 2.24) is 4.31 Å². The van der Waals surface area contributed by atoms with Crippen molar-refractivity contribution in [3.05, 3.63) is 22.7 Å². The van der Waals surface area contributed by atoms with Gasteiger partial charge >= 0.3 is 0 Å². The van der Waals surface area contributed by atoms with E-state index in [-0.39, 0.29) is 0 Å². The van der Waals surface area contributed by atoms with Gasteiger partial charge in [0.05, 0.1) is 5.69 Å². The van der Waals surface area contributed by atoms with Crippen LogP contribution in [-0.2, 0) is 10.0 Å². The lowest BCUT2D eigenvalue weighted by Gasteiger charge is -2.19. The van der Waals surface area contributed by atoms with Crippen LogP contribution in [0, 0.1) is 0 Å². The Morgan fingerprint density at radius 1 is 1.32 bits per heavy atom. The second kappa shape index (κ2) is 5.81. The molecule has 0 saturated heterocycles. The molecule has 1 aromatic carbocycles. The number of hydrogen-bond donors (Lipinski definition) is 0. The van der Waals surface area contributed by atoms with Crippen LogP contribution in [0.4, 0.5) is 5.69 Å². The standard InChI is InChI=1S/C13H19BrN2O2S/c1-3-4-7-16-9-8-15(2)12-10-11(14)5-6-13(12)19(16,17)18/h5-6,10H,3-4,7-9H2,1-2H3. The number of unbranched alkanes of at least 4 members (excludes halogenated alkanes) is 1. The summed E-state index contributed by atoms with van der Waals surface area (Å²) in [5, 5.41) is 0. The maximum Gasteiger partial charge on any atom is 0.245 e. The summed E-state index contributed by atoms with van der Waals surface area (Å²) in [4.78, 5) is 2.41. The molecule has 1 aliphatic heterocycles. The molecule has 0 spiro atoms. The highest BCUT2D eigenvalue weighted by Crippen LogP contribution is 2.32. The number of fused-ring (bicyclic) bond motifs is 1. The first-order valence-electron chi connectivity index (χ1n) is 6.47. The number of hydrogen-bond acceptors (Lipinski definition) is 3. The zero-order valence-electron chi connectivity index (χ0n) is 11.3. The van der Waals surface area contributed by atoms with Gasteiger partial charge in [-0.25, -0.2) is 8.42 Å². The first kappa shape index (κ1) is 14.8. The number of anilines is 1. The molecule has 0 saturated carbocycles. The molecule has 6 heteroatoms. The molecule has 0 N–H and O–H groups in total. The molecule has 0 bridgehead atoms. The van der Waals surface area contributed by atoms with E-state index in [4.69, 9.17) is 0 Å². The van der Waals surface area contributed by atoms with Gasteiger partial charge in [0, 0.05) is 31.2 Å². The van der Waals surface area contributed by atoms with Crippen LogP contribution in [0.25, 0.3) is 0 Å². The van der Waals surface area contributed by atoms with Crippen LogP contribution >= 0.6 is 15.9 Å². The minimum absolute atomic E-state index is 0.409. The molecule has 106 valence electrons. The van der Waals surface area contributed by atoms with Crippen molar-refractivity contribution in [3.8, 4) is 0 Å². The summed E-state index contributed by atoms with van der Waals surface area (Å²) >= 11 is 3.40. The monoisotopic (exact) mass is 346 g/mol. The average Bonchev–Trinajstić information content (AvgIpc) is 2.45. The minimum Gasteiger partial charge on any atom is -0.372 e. The van der Waals surface area contributed by atoms with Crippen molar-refractivity contribution in [3.63, 3.8) is 0 Å². The Balaban J connectivity index is 2.47. The maximum absolute atomic E-state index is 12.7. The second-order valence-corrected chi connectivity index (χ2v) is 7.61. The van der Waals surface area contributed by atoms with Gasteiger partial charge < -0.3 is 4.90 Å². The highest BCUT2D eigenvalue weighted by atomic mass is 79.9. The Morgan fingerprint density at radius 2 is 2.05 bits per heavy atom. The largest absolute Gasteiger partial charge is 0.372 e. The molecule has 0 radical (unpaired) electrons. The predicted molar refractivity (Wildman–Crippen MR) is 81.1 cm³/mol. The van der Waals surface area contributed by atoms with Crippen LogP contribution in [-0.4, -0.2) is 39.4 Å². The SMILES string of the molecule is CCCCN1CCN(C)c2cc(Br)ccc2S1(=O)=O. The van der Waals surface area contributed by atoms with Gasteiger partial charge in [-0.3, -0.25) is 0 Å². The molecule has 0 aliphatic carbocycles. The third kappa shape index (κ3) is 2.95. The zero-order chi connectivity index (χ0) is 14.0. The maximum atomic E-state index is 12.7. The smallest absolute Gasteiger partial charge is 0.245 e. The fraction of sp³-hybridized carbons (Fsp3) is 0.538. The Bertz CT molecular complexity index is 560. The van der Waals surface area contributed by atoms with Crippen LogP contribution < -0.4 is 4.90 Å². The third-order valence-corrected chi connectivity index (χ3v) is 5.84. The fourth-order valence-corrected chi connectivity index (χ4v) is 4.25. The van der Waals surface area contributed by atoms with Gasteiger partial charge in [0.15, 0.2) is 0 Å². The van der Waals surface area contributed by atoms with Gasteiger partial charge in [0.2, 0.25) is 10.0 Å². The summed E-state index contributed by atoms with van der Waals surface area (Å²) in [6.07, 6.45) is 1.89. The molecule has 0 fully saturated rings. The normalized spacial score (nSPS) is 19.0. The molecule has 2 rings (SSSR count). The third-order valence-electron chi connectivity index (χ3n) is 3.40. The molecule has 0 unspecified atom stereocenters. The molecule has 1 aromatic rings. The number of benzene rings is 1. The van der Waals surface area contributed by atoms with Gasteiger partial charge in [-0.05, 0) is 24.6 Å². The van der Waals surface area contributed by atoms with Crippen molar-refractivity contribution in [2.24, 2.45) is 0 Å². The van der Waals surface area contributed by atoms with Crippen molar-refractivity contribution < 1.29 is 8.42 Å². The van der Waals surface area contributed by atoms with Crippen molar-refractivity contribution >= 4 is 31.6 Å². The number of sulfonamides is 1. The van der Waals surface area contributed by atoms with Crippen LogP contribution in [0.15, 0.2) is 27.6 Å². The summed E-state index contributed by atoms with van der Waals surface area (Å²) in [6.45, 7) is 3.93. The second-order valence-electron chi connectivity index (χ2n) is 4.79. The molecule has 1 aliphatic rings. The van der Waals surface area contributed by atoms with Crippen LogP contribution in [0.2, 0.25) is 0 Å². The van der Waals surface area contributed by atoms with Gasteiger partial charge in [0.25, 0.3) is 0 Å². The van der Waals surface area contributed by atoms with Crippen molar-refractivity contribution in [2.45, 2.75) is 24.7 Å². The van der Waals surface area contributed by atoms with Crippen molar-refractivity contribution in [1.29, 1.82) is 0 Å². The Labute approximate surface area is 123 Å². The Morgan fingerprint density at radius 3 is 2.74 bits per heavy atom. The van der Waals surface area contributed by atoms with E-state index in [1.807, 2.05) is 18.0 Å². The molecular weight excluding hydrogens is 328 g/mol. The van der Waals surface area contributed by atoms with E-state index in [2.05, 4.69) is 22.9 Å². The van der Waals surface area contributed by atoms with E-state index < -0.39 is 10.0 Å². The van der Waals surface area contributed by atoms with Crippen LogP contribution in [0.1, 0.15) is 19.8 Å². The van der Waals surface area contributed by atoms with Gasteiger partial charge in [-0.2, -0.15) is 4.31 Å². The molecule has 0 amide bonds. The molecule has 1 heterocycles. The highest BCUT2D eigenvalue weighted by Gasteiger charge is 2.30. The lowest BCUT2D eigenvalue weighted by atomic mass is 10.3. The van der Waals surface area contributed by atoms with E-state index >= 15 is 0 Å². The number of rotatable bonds is 3. The zero-order valence-corrected chi connectivity index (χ0v) is 13.7. The lowest BCUT2D eigenvalue weighted by molar-refractivity contribution is 0.413. The topological polar surface area (TPSA) is 40.6 Å². The molecular formula is C13H19BrN2O2S. The van der Waals surface area contributed by atoms with Crippen LogP contribution in [0.3, 0.4) is 0 Å². The van der Waals surface area contributed by atoms with E-state index in [1.54, 1.807) is 16.4 Å². The molecule has 19 heavy (non-hydrogen) atoms. The number of halogens is 1. The van der Waals surface area contributed by atoms with E-state index in [0.717, 1.165) is 23.0 Å². The van der Waals surface area contributed by atoms with Crippen LogP contribution in [0.5, 0.6) is 0 Å². The van der Waals surface area contributed by atoms with E-state index in [0.29, 0.717) is 24.5 Å². The van der Waals surface area contributed by atoms with E-state index in [9.17, 15) is 8.42 Å². The molecule has 0 atom stereocenters. The Kier molecular flexibility index (Phi) is 4.53. The fourth-order valence-electron chi connectivity index (χ4n) is 2.21. The summed E-state index contributed by atoms with van der Waals surface area (Å²) < 4.78 is 27.8. The predicted octanol–water partition coefficient (Wildman–Crippen LogP) is 2.69. The van der Waals surface area contributed by atoms with Gasteiger partial charge in [-0.15, -0.1) is 0 Å². The average molecular weight is 347 g/mol. The number of nitrogens with zero attached hydrogens (tertiary/aromatic N) is 2. The van der Waals surface area contributed by atoms with Gasteiger partial charge in [0.1, 0.15) is 4.90 Å². The lowest BCUT2D eigenvalue weighted by Crippen LogP contribution is -2.34. The summed E-state index contributed by atoms with van der Waals surface area (Å²) in [6, 6.07) is 5.35. The minimum atomic E-state index is -3.37. The van der Waals surface area contributed by atoms with E-state index in [1.165, 1.54) is 0 Å². The highest BCUT2D eigenvalue weighted by molar-refractivity contribution is 9.10. The number of likely N-dealkylation sites (N-methyl/N-ethyl adjacent to an activating group) is 1. The van der Waals surface area contributed by atoms with Gasteiger partial charge in [-0.1, -0.05) is 29.3 Å². The Hall–Kier alpha value is -0.590. The quantitative estimate of drug-likeness (QED) is 0.844. The first-order chi connectivity index (χ1) is 8.96. The van der Waals surface area contributed by atoms with Crippen molar-refractivity contribution in [2.75, 3.05) is 31.6 Å². The summed E-state index contributed by atoms with van der Waals surface area (Å²) in [5.74, 6) is 0. The molecule has 0 aromatic heterocycles. The first-order valence-corrected chi connectivity index (χ1v) is 8.71. The summed E-state index contributed by atoms with van der Waals surface area (Å²) in [7, 11) is -1.44. The summed E-state index contributed by atoms with van der Waals surface area (Å²) in [5.41, 5.74) is 0.772. The molecule has 4 nitrogen and oxygen atoms in total.